The van der Waals surface area contributed by atoms with E-state index in [4.69, 9.17) is 16.7 Å². The number of aryl methyl sites for hydroxylation is 1. The van der Waals surface area contributed by atoms with Gasteiger partial charge in [0.05, 0.1) is 30.2 Å². The average Bonchev–Trinajstić information content (AvgIpc) is 3.21. The van der Waals surface area contributed by atoms with E-state index in [9.17, 15) is 4.79 Å². The first-order valence-corrected chi connectivity index (χ1v) is 13.5. The number of nitrogens with zero attached hydrogens (tertiary/aromatic N) is 7. The molecule has 0 radical (unpaired) electrons. The van der Waals surface area contributed by atoms with Crippen molar-refractivity contribution in [3.63, 3.8) is 0 Å². The molecule has 0 aromatic carbocycles. The van der Waals surface area contributed by atoms with Gasteiger partial charge in [0.2, 0.25) is 11.9 Å². The van der Waals surface area contributed by atoms with Crippen LogP contribution in [0.1, 0.15) is 50.3 Å². The molecule has 3 aliphatic heterocycles. The molecule has 3 saturated heterocycles. The summed E-state index contributed by atoms with van der Waals surface area (Å²) in [6.07, 6.45) is 10.4. The van der Waals surface area contributed by atoms with E-state index in [0.717, 1.165) is 56.7 Å². The fourth-order valence-electron chi connectivity index (χ4n) is 5.84. The highest BCUT2D eigenvalue weighted by molar-refractivity contribution is 6.32. The number of rotatable bonds is 8. The first-order valence-electron chi connectivity index (χ1n) is 13.1. The molecule has 2 unspecified atom stereocenters. The van der Waals surface area contributed by atoms with Gasteiger partial charge in [-0.05, 0) is 59.5 Å². The van der Waals surface area contributed by atoms with Crippen LogP contribution in [0.5, 0.6) is 0 Å². The Hall–Kier alpha value is -2.43. The minimum atomic E-state index is 0.199. The molecule has 10 nitrogen and oxygen atoms in total. The molecule has 36 heavy (non-hydrogen) atoms. The smallest absolute Gasteiger partial charge is 0.236 e. The summed E-state index contributed by atoms with van der Waals surface area (Å²) in [5.41, 5.74) is 1.85. The average molecular weight is 516 g/mol. The SMILES string of the molecule is Cc1nn(C2CC3CCC(C2)N3C)cc1Nc1ncc(Cl)c(NCCCN2CCCN(C)CC2=O)n1. The Morgan fingerprint density at radius 3 is 2.69 bits per heavy atom. The van der Waals surface area contributed by atoms with Crippen molar-refractivity contribution < 1.29 is 4.79 Å². The summed E-state index contributed by atoms with van der Waals surface area (Å²) in [6.45, 7) is 5.69. The van der Waals surface area contributed by atoms with Crippen LogP contribution in [-0.4, -0.2) is 99.3 Å². The number of halogens is 1. The lowest BCUT2D eigenvalue weighted by molar-refractivity contribution is -0.130. The molecular weight excluding hydrogens is 478 g/mol. The molecule has 11 heteroatoms. The van der Waals surface area contributed by atoms with Gasteiger partial charge in [-0.25, -0.2) is 4.98 Å². The third-order valence-electron chi connectivity index (χ3n) is 7.98. The van der Waals surface area contributed by atoms with Crippen molar-refractivity contribution in [3.05, 3.63) is 23.1 Å². The molecule has 2 aromatic heterocycles. The summed E-state index contributed by atoms with van der Waals surface area (Å²) >= 11 is 6.36. The number of hydrogen-bond acceptors (Lipinski definition) is 8. The fourth-order valence-corrected chi connectivity index (χ4v) is 6.00. The second-order valence-corrected chi connectivity index (χ2v) is 11.0. The number of anilines is 3. The summed E-state index contributed by atoms with van der Waals surface area (Å²) in [5, 5.41) is 11.9. The molecule has 0 saturated carbocycles. The molecule has 5 rings (SSSR count). The van der Waals surface area contributed by atoms with Gasteiger partial charge in [0, 0.05) is 44.5 Å². The number of likely N-dealkylation sites (N-methyl/N-ethyl adjacent to an activating group) is 1. The van der Waals surface area contributed by atoms with Gasteiger partial charge in [-0.2, -0.15) is 10.1 Å². The summed E-state index contributed by atoms with van der Waals surface area (Å²) in [6, 6.07) is 1.77. The van der Waals surface area contributed by atoms with E-state index in [1.165, 1.54) is 12.8 Å². The number of nitrogens with one attached hydrogen (secondary N) is 2. The second-order valence-electron chi connectivity index (χ2n) is 10.6. The monoisotopic (exact) mass is 515 g/mol. The molecule has 2 bridgehead atoms. The van der Waals surface area contributed by atoms with Crippen molar-refractivity contribution in [2.45, 2.75) is 63.6 Å². The number of aromatic nitrogens is 4. The molecular formula is C25H38ClN9O. The van der Waals surface area contributed by atoms with Gasteiger partial charge < -0.3 is 20.4 Å². The Kier molecular flexibility index (Phi) is 7.64. The summed E-state index contributed by atoms with van der Waals surface area (Å²) in [7, 11) is 4.26. The predicted octanol–water partition coefficient (Wildman–Crippen LogP) is 3.14. The highest BCUT2D eigenvalue weighted by Crippen LogP contribution is 2.40. The molecule has 0 spiro atoms. The van der Waals surface area contributed by atoms with Crippen LogP contribution in [0.4, 0.5) is 17.5 Å². The number of piperidine rings is 1. The summed E-state index contributed by atoms with van der Waals surface area (Å²) in [4.78, 5) is 27.9. The van der Waals surface area contributed by atoms with Crippen LogP contribution in [0.25, 0.3) is 0 Å². The molecule has 2 atom stereocenters. The highest BCUT2D eigenvalue weighted by Gasteiger charge is 2.39. The number of carbonyl (C=O) groups excluding carboxylic acids is 1. The van der Waals surface area contributed by atoms with Crippen molar-refractivity contribution in [1.29, 1.82) is 0 Å². The van der Waals surface area contributed by atoms with Crippen molar-refractivity contribution in [2.24, 2.45) is 0 Å². The molecule has 196 valence electrons. The zero-order chi connectivity index (χ0) is 25.2. The van der Waals surface area contributed by atoms with Gasteiger partial charge in [-0.15, -0.1) is 0 Å². The maximum atomic E-state index is 12.3. The van der Waals surface area contributed by atoms with Gasteiger partial charge in [-0.1, -0.05) is 11.6 Å². The first kappa shape index (κ1) is 25.2. The van der Waals surface area contributed by atoms with E-state index in [2.05, 4.69) is 48.3 Å². The lowest BCUT2D eigenvalue weighted by atomic mass is 9.98. The maximum absolute atomic E-state index is 12.3. The van der Waals surface area contributed by atoms with E-state index in [-0.39, 0.29) is 5.91 Å². The minimum absolute atomic E-state index is 0.199. The van der Waals surface area contributed by atoms with E-state index in [0.29, 0.717) is 48.0 Å². The van der Waals surface area contributed by atoms with E-state index >= 15 is 0 Å². The van der Waals surface area contributed by atoms with Crippen LogP contribution in [0.2, 0.25) is 5.02 Å². The van der Waals surface area contributed by atoms with Gasteiger partial charge in [-0.3, -0.25) is 14.4 Å². The predicted molar refractivity (Wildman–Crippen MR) is 142 cm³/mol. The van der Waals surface area contributed by atoms with E-state index < -0.39 is 0 Å². The third-order valence-corrected chi connectivity index (χ3v) is 8.25. The van der Waals surface area contributed by atoms with Gasteiger partial charge >= 0.3 is 0 Å². The molecule has 3 fully saturated rings. The van der Waals surface area contributed by atoms with E-state index in [1.807, 2.05) is 18.9 Å². The Morgan fingerprint density at radius 2 is 1.92 bits per heavy atom. The highest BCUT2D eigenvalue weighted by atomic mass is 35.5. The maximum Gasteiger partial charge on any atom is 0.236 e. The van der Waals surface area contributed by atoms with Gasteiger partial charge in [0.1, 0.15) is 10.8 Å². The Morgan fingerprint density at radius 1 is 1.14 bits per heavy atom. The van der Waals surface area contributed by atoms with Crippen LogP contribution in [0, 0.1) is 6.92 Å². The lowest BCUT2D eigenvalue weighted by Crippen LogP contribution is -2.40. The minimum Gasteiger partial charge on any atom is -0.369 e. The van der Waals surface area contributed by atoms with Crippen LogP contribution in [0.15, 0.2) is 12.4 Å². The van der Waals surface area contributed by atoms with Crippen LogP contribution in [-0.2, 0) is 4.79 Å². The topological polar surface area (TPSA) is 94.5 Å². The van der Waals surface area contributed by atoms with Gasteiger partial charge in [0.25, 0.3) is 0 Å². The molecule has 0 aliphatic carbocycles. The third kappa shape index (κ3) is 5.60. The molecule has 5 heterocycles. The van der Waals surface area contributed by atoms with Crippen LogP contribution >= 0.6 is 11.6 Å². The standard InChI is InChI=1S/C25H38ClN9O/c1-17-22(15-35(31-17)20-12-18-6-7-19(13-20)33(18)3)29-25-28-14-21(26)24(30-25)27-8-4-10-34-11-5-9-32(2)16-23(34)36/h14-15,18-20H,4-13,16H2,1-3H3,(H2,27,28,29,30). The Labute approximate surface area is 218 Å². The largest absolute Gasteiger partial charge is 0.369 e. The zero-order valence-corrected chi connectivity index (χ0v) is 22.3. The van der Waals surface area contributed by atoms with Crippen molar-refractivity contribution >= 4 is 35.0 Å². The molecule has 1 amide bonds. The zero-order valence-electron chi connectivity index (χ0n) is 21.6. The number of amides is 1. The molecule has 2 aromatic rings. The molecule has 3 aliphatic rings. The number of hydrogen-bond donors (Lipinski definition) is 2. The van der Waals surface area contributed by atoms with E-state index in [1.54, 1.807) is 6.20 Å². The Bertz CT molecular complexity index is 1060. The van der Waals surface area contributed by atoms with Crippen molar-refractivity contribution in [3.8, 4) is 0 Å². The second kappa shape index (κ2) is 10.9. The number of fused-ring (bicyclic) bond motifs is 2. The molecule has 2 N–H and O–H groups in total. The normalized spacial score (nSPS) is 25.3. The quantitative estimate of drug-likeness (QED) is 0.518. The van der Waals surface area contributed by atoms with Crippen molar-refractivity contribution in [2.75, 3.05) is 57.5 Å². The fraction of sp³-hybridized carbons (Fsp3) is 0.680. The number of carbonyl (C=O) groups is 1. The first-order chi connectivity index (χ1) is 17.4. The summed E-state index contributed by atoms with van der Waals surface area (Å²) < 4.78 is 2.13. The Balaban J connectivity index is 1.16. The van der Waals surface area contributed by atoms with Crippen molar-refractivity contribution in [1.82, 2.24) is 34.4 Å². The van der Waals surface area contributed by atoms with Crippen LogP contribution in [0.3, 0.4) is 0 Å². The van der Waals surface area contributed by atoms with Gasteiger partial charge in [0.15, 0.2) is 0 Å². The van der Waals surface area contributed by atoms with Crippen LogP contribution < -0.4 is 10.6 Å². The lowest BCUT2D eigenvalue weighted by Gasteiger charge is -2.36. The summed E-state index contributed by atoms with van der Waals surface area (Å²) in [5.74, 6) is 1.28.